The van der Waals surface area contributed by atoms with Gasteiger partial charge in [0.25, 0.3) is 20.2 Å². The van der Waals surface area contributed by atoms with Crippen LogP contribution in [0, 0.1) is 0 Å². The van der Waals surface area contributed by atoms with E-state index in [0.717, 1.165) is 18.2 Å². The standard InChI is InChI=1S/C10H9NO9S3/c11-20-23(18,19)9-3-1-2-7-8(9)4-6(21(12,13)14)5-10(7)22(15,16)17/h1-5H,11H2,(H,12,13,14)(H,15,16,17). The van der Waals surface area contributed by atoms with Crippen LogP contribution in [-0.4, -0.2) is 34.4 Å². The highest BCUT2D eigenvalue weighted by Gasteiger charge is 2.25. The Morgan fingerprint density at radius 2 is 1.43 bits per heavy atom. The summed E-state index contributed by atoms with van der Waals surface area (Å²) in [4.78, 5) is -2.48. The van der Waals surface area contributed by atoms with Crippen molar-refractivity contribution in [3.63, 3.8) is 0 Å². The van der Waals surface area contributed by atoms with Gasteiger partial charge in [-0.25, -0.2) is 0 Å². The molecule has 0 saturated heterocycles. The molecule has 0 atom stereocenters. The molecule has 0 unspecified atom stereocenters. The van der Waals surface area contributed by atoms with Gasteiger partial charge in [0.05, 0.1) is 4.90 Å². The number of benzene rings is 2. The first-order valence-electron chi connectivity index (χ1n) is 5.53. The predicted molar refractivity (Wildman–Crippen MR) is 76.0 cm³/mol. The van der Waals surface area contributed by atoms with E-state index in [4.69, 9.17) is 4.55 Å². The fraction of sp³-hybridized carbons (Fsp3) is 0. The molecule has 0 aromatic heterocycles. The Bertz CT molecular complexity index is 1100. The van der Waals surface area contributed by atoms with Gasteiger partial charge in [0.1, 0.15) is 9.79 Å². The normalized spacial score (nSPS) is 13.3. The van der Waals surface area contributed by atoms with E-state index in [1.807, 2.05) is 0 Å². The van der Waals surface area contributed by atoms with Crippen molar-refractivity contribution in [2.24, 2.45) is 5.90 Å². The summed E-state index contributed by atoms with van der Waals surface area (Å²) in [6, 6.07) is 4.45. The second kappa shape index (κ2) is 5.48. The predicted octanol–water partition coefficient (Wildman–Crippen LogP) is -0.0878. The van der Waals surface area contributed by atoms with Crippen LogP contribution in [0.3, 0.4) is 0 Å². The van der Waals surface area contributed by atoms with Crippen molar-refractivity contribution >= 4 is 41.1 Å². The van der Waals surface area contributed by atoms with E-state index < -0.39 is 50.4 Å². The first kappa shape index (κ1) is 17.7. The summed E-state index contributed by atoms with van der Waals surface area (Å²) in [7, 11) is -14.3. The minimum Gasteiger partial charge on any atom is -0.282 e. The van der Waals surface area contributed by atoms with Gasteiger partial charge in [0.2, 0.25) is 0 Å². The zero-order valence-corrected chi connectivity index (χ0v) is 13.4. The van der Waals surface area contributed by atoms with E-state index in [2.05, 4.69) is 10.2 Å². The van der Waals surface area contributed by atoms with Gasteiger partial charge in [0.15, 0.2) is 0 Å². The Kier molecular flexibility index (Phi) is 4.23. The van der Waals surface area contributed by atoms with Crippen molar-refractivity contribution in [3.8, 4) is 0 Å². The third-order valence-electron chi connectivity index (χ3n) is 2.86. The highest BCUT2D eigenvalue weighted by molar-refractivity contribution is 7.87. The lowest BCUT2D eigenvalue weighted by Crippen LogP contribution is -2.12. The number of nitrogens with two attached hydrogens (primary N) is 1. The zero-order valence-electron chi connectivity index (χ0n) is 10.9. The first-order valence-corrected chi connectivity index (χ1v) is 9.82. The maximum atomic E-state index is 11.8. The van der Waals surface area contributed by atoms with Crippen LogP contribution in [0.1, 0.15) is 0 Å². The van der Waals surface area contributed by atoms with Crippen molar-refractivity contribution in [1.29, 1.82) is 0 Å². The van der Waals surface area contributed by atoms with Crippen LogP contribution in [0.25, 0.3) is 10.8 Å². The fourth-order valence-corrected chi connectivity index (χ4v) is 4.06. The molecule has 0 aliphatic heterocycles. The number of hydrogen-bond acceptors (Lipinski definition) is 8. The molecule has 0 radical (unpaired) electrons. The van der Waals surface area contributed by atoms with Crippen LogP contribution in [0.2, 0.25) is 0 Å². The molecule has 23 heavy (non-hydrogen) atoms. The quantitative estimate of drug-likeness (QED) is 0.477. The Morgan fingerprint density at radius 3 is 1.91 bits per heavy atom. The van der Waals surface area contributed by atoms with Gasteiger partial charge in [-0.3, -0.25) is 9.11 Å². The molecule has 4 N–H and O–H groups in total. The largest absolute Gasteiger partial charge is 0.313 e. The average molecular weight is 383 g/mol. The summed E-state index contributed by atoms with van der Waals surface area (Å²) >= 11 is 0. The number of fused-ring (bicyclic) bond motifs is 1. The maximum absolute atomic E-state index is 11.8. The summed E-state index contributed by atoms with van der Waals surface area (Å²) in [5, 5.41) is -0.737. The Labute approximate surface area is 131 Å². The van der Waals surface area contributed by atoms with Crippen molar-refractivity contribution < 1.29 is 38.6 Å². The Balaban J connectivity index is 3.14. The maximum Gasteiger partial charge on any atom is 0.313 e. The summed E-state index contributed by atoms with van der Waals surface area (Å²) in [6.45, 7) is 0. The molecule has 13 heteroatoms. The molecule has 0 aliphatic carbocycles. The van der Waals surface area contributed by atoms with E-state index in [0.29, 0.717) is 12.1 Å². The average Bonchev–Trinajstić information content (AvgIpc) is 2.43. The Hall–Kier alpha value is -1.61. The molecule has 0 spiro atoms. The van der Waals surface area contributed by atoms with Gasteiger partial charge >= 0.3 is 10.1 Å². The summed E-state index contributed by atoms with van der Waals surface area (Å²) in [6.07, 6.45) is 0. The lowest BCUT2D eigenvalue weighted by molar-refractivity contribution is 0.333. The minimum absolute atomic E-state index is 0.307. The molecule has 0 aliphatic rings. The molecule has 2 aromatic carbocycles. The highest BCUT2D eigenvalue weighted by Crippen LogP contribution is 2.31. The molecular formula is C10H9NO9S3. The van der Waals surface area contributed by atoms with Gasteiger partial charge in [-0.15, -0.1) is 0 Å². The van der Waals surface area contributed by atoms with E-state index in [-0.39, 0.29) is 5.39 Å². The van der Waals surface area contributed by atoms with Crippen LogP contribution in [0.15, 0.2) is 45.0 Å². The van der Waals surface area contributed by atoms with Gasteiger partial charge in [-0.1, -0.05) is 12.1 Å². The van der Waals surface area contributed by atoms with Crippen LogP contribution < -0.4 is 5.90 Å². The molecule has 0 saturated carbocycles. The SMILES string of the molecule is NOS(=O)(=O)c1cccc2c(S(=O)(=O)O)cc(S(=O)(=O)O)cc12. The second-order valence-electron chi connectivity index (χ2n) is 4.27. The molecule has 126 valence electrons. The van der Waals surface area contributed by atoms with Gasteiger partial charge < -0.3 is 0 Å². The molecule has 0 fully saturated rings. The Morgan fingerprint density at radius 1 is 0.826 bits per heavy atom. The number of hydrogen-bond donors (Lipinski definition) is 3. The summed E-state index contributed by atoms with van der Waals surface area (Å²) < 4.78 is 91.0. The lowest BCUT2D eigenvalue weighted by atomic mass is 10.1. The van der Waals surface area contributed by atoms with Crippen LogP contribution >= 0.6 is 0 Å². The van der Waals surface area contributed by atoms with E-state index >= 15 is 0 Å². The summed E-state index contributed by atoms with van der Waals surface area (Å²) in [5.74, 6) is 4.65. The van der Waals surface area contributed by atoms with Crippen molar-refractivity contribution in [2.45, 2.75) is 14.7 Å². The zero-order chi connectivity index (χ0) is 17.6. The third kappa shape index (κ3) is 3.35. The smallest absolute Gasteiger partial charge is 0.282 e. The van der Waals surface area contributed by atoms with Crippen molar-refractivity contribution in [2.75, 3.05) is 0 Å². The summed E-state index contributed by atoms with van der Waals surface area (Å²) in [5.41, 5.74) is 0. The molecule has 0 heterocycles. The minimum atomic E-state index is -4.92. The van der Waals surface area contributed by atoms with Gasteiger partial charge in [-0.05, 0) is 18.2 Å². The lowest BCUT2D eigenvalue weighted by Gasteiger charge is -2.10. The van der Waals surface area contributed by atoms with E-state index in [1.165, 1.54) is 0 Å². The third-order valence-corrected chi connectivity index (χ3v) is 5.74. The molecular weight excluding hydrogens is 374 g/mol. The van der Waals surface area contributed by atoms with Crippen molar-refractivity contribution in [3.05, 3.63) is 30.3 Å². The topological polar surface area (TPSA) is 178 Å². The fourth-order valence-electron chi connectivity index (χ4n) is 1.93. The van der Waals surface area contributed by atoms with Gasteiger partial charge in [0, 0.05) is 10.8 Å². The second-order valence-corrected chi connectivity index (χ2v) is 8.63. The van der Waals surface area contributed by atoms with Crippen molar-refractivity contribution in [1.82, 2.24) is 0 Å². The molecule has 2 aromatic rings. The number of rotatable bonds is 4. The monoisotopic (exact) mass is 383 g/mol. The molecule has 2 rings (SSSR count). The van der Waals surface area contributed by atoms with Crippen LogP contribution in [0.5, 0.6) is 0 Å². The molecule has 10 nitrogen and oxygen atoms in total. The van der Waals surface area contributed by atoms with Crippen LogP contribution in [0.4, 0.5) is 0 Å². The molecule has 0 bridgehead atoms. The van der Waals surface area contributed by atoms with E-state index in [1.54, 1.807) is 0 Å². The van der Waals surface area contributed by atoms with E-state index in [9.17, 15) is 29.8 Å². The van der Waals surface area contributed by atoms with Crippen LogP contribution in [-0.2, 0) is 34.6 Å². The molecule has 0 amide bonds. The highest BCUT2D eigenvalue weighted by atomic mass is 32.2. The van der Waals surface area contributed by atoms with Gasteiger partial charge in [-0.2, -0.15) is 35.4 Å². The first-order chi connectivity index (χ1) is 10.4.